The highest BCUT2D eigenvalue weighted by molar-refractivity contribution is 9.10. The third kappa shape index (κ3) is 2.43. The number of carboxylic acids is 1. The Morgan fingerprint density at radius 1 is 1.54 bits per heavy atom. The van der Waals surface area contributed by atoms with E-state index in [2.05, 4.69) is 15.9 Å². The molecule has 0 saturated heterocycles. The van der Waals surface area contributed by atoms with Crippen LogP contribution in [-0.2, 0) is 4.79 Å². The van der Waals surface area contributed by atoms with Gasteiger partial charge in [-0.2, -0.15) is 0 Å². The fourth-order valence-electron chi connectivity index (χ4n) is 0.825. The molecule has 0 saturated carbocycles. The Bertz CT molecular complexity index is 340. The molecule has 1 aromatic carbocycles. The zero-order chi connectivity index (χ0) is 10.0. The third-order valence-corrected chi connectivity index (χ3v) is 2.73. The van der Waals surface area contributed by atoms with Gasteiger partial charge < -0.3 is 10.2 Å². The average molecular weight is 265 g/mol. The van der Waals surface area contributed by atoms with Crippen LogP contribution >= 0.6 is 27.5 Å². The number of aliphatic hydroxyl groups is 1. The molecule has 1 rings (SSSR count). The molecule has 1 aromatic rings. The summed E-state index contributed by atoms with van der Waals surface area (Å²) in [6.07, 6.45) is -1.52. The van der Waals surface area contributed by atoms with Gasteiger partial charge in [-0.3, -0.25) is 0 Å². The van der Waals surface area contributed by atoms with E-state index in [4.69, 9.17) is 21.8 Å². The van der Waals surface area contributed by atoms with Gasteiger partial charge in [-0.1, -0.05) is 17.7 Å². The monoisotopic (exact) mass is 264 g/mol. The van der Waals surface area contributed by atoms with Crippen molar-refractivity contribution in [2.24, 2.45) is 0 Å². The zero-order valence-electron chi connectivity index (χ0n) is 6.37. The van der Waals surface area contributed by atoms with Crippen LogP contribution in [-0.4, -0.2) is 16.2 Å². The molecular weight excluding hydrogens is 259 g/mol. The van der Waals surface area contributed by atoms with E-state index in [1.807, 2.05) is 0 Å². The van der Waals surface area contributed by atoms with Crippen molar-refractivity contribution >= 4 is 33.5 Å². The number of rotatable bonds is 2. The summed E-state index contributed by atoms with van der Waals surface area (Å²) in [5.74, 6) is -1.29. The summed E-state index contributed by atoms with van der Waals surface area (Å²) < 4.78 is 0.663. The van der Waals surface area contributed by atoms with Crippen molar-refractivity contribution in [1.82, 2.24) is 0 Å². The molecule has 3 nitrogen and oxygen atoms in total. The van der Waals surface area contributed by atoms with E-state index in [1.165, 1.54) is 12.1 Å². The maximum Gasteiger partial charge on any atom is 0.337 e. The number of halogens is 2. The van der Waals surface area contributed by atoms with Gasteiger partial charge in [0.05, 0.1) is 5.02 Å². The number of benzene rings is 1. The van der Waals surface area contributed by atoms with Crippen LogP contribution < -0.4 is 0 Å². The molecule has 0 spiro atoms. The second-order valence-electron chi connectivity index (χ2n) is 2.41. The van der Waals surface area contributed by atoms with Crippen LogP contribution in [0.15, 0.2) is 22.7 Å². The molecule has 0 aromatic heterocycles. The van der Waals surface area contributed by atoms with E-state index in [0.717, 1.165) is 0 Å². The fraction of sp³-hybridized carbons (Fsp3) is 0.125. The van der Waals surface area contributed by atoms with Crippen molar-refractivity contribution in [3.8, 4) is 0 Å². The van der Waals surface area contributed by atoms with Crippen molar-refractivity contribution in [2.45, 2.75) is 6.10 Å². The molecule has 0 fully saturated rings. The van der Waals surface area contributed by atoms with Crippen LogP contribution in [0.25, 0.3) is 0 Å². The summed E-state index contributed by atoms with van der Waals surface area (Å²) in [6.45, 7) is 0. The lowest BCUT2D eigenvalue weighted by Crippen LogP contribution is -2.10. The summed E-state index contributed by atoms with van der Waals surface area (Å²) in [7, 11) is 0. The summed E-state index contributed by atoms with van der Waals surface area (Å²) >= 11 is 8.87. The maximum absolute atomic E-state index is 10.4. The van der Waals surface area contributed by atoms with Gasteiger partial charge in [0, 0.05) is 4.47 Å². The lowest BCUT2D eigenvalue weighted by Gasteiger charge is -2.06. The SMILES string of the molecule is O=C(O)[C@@H](O)c1ccc(Br)c(Cl)c1. The fourth-order valence-corrected chi connectivity index (χ4v) is 1.26. The molecule has 0 aliphatic rings. The highest BCUT2D eigenvalue weighted by Gasteiger charge is 2.16. The Hall–Kier alpha value is -0.580. The third-order valence-electron chi connectivity index (χ3n) is 1.49. The number of hydrogen-bond donors (Lipinski definition) is 2. The molecule has 0 amide bonds. The minimum Gasteiger partial charge on any atom is -0.479 e. The average Bonchev–Trinajstić information content (AvgIpc) is 2.08. The number of carboxylic acid groups (broad SMARTS) is 1. The molecule has 2 N–H and O–H groups in total. The van der Waals surface area contributed by atoms with Gasteiger partial charge >= 0.3 is 5.97 Å². The summed E-state index contributed by atoms with van der Waals surface area (Å²) in [6, 6.07) is 4.49. The number of carbonyl (C=O) groups is 1. The molecule has 0 heterocycles. The predicted octanol–water partition coefficient (Wildman–Crippen LogP) is 2.22. The van der Waals surface area contributed by atoms with E-state index in [9.17, 15) is 4.79 Å². The Labute approximate surface area is 88.1 Å². The number of hydrogen-bond acceptors (Lipinski definition) is 2. The van der Waals surface area contributed by atoms with Crippen molar-refractivity contribution in [3.63, 3.8) is 0 Å². The van der Waals surface area contributed by atoms with E-state index in [0.29, 0.717) is 9.50 Å². The van der Waals surface area contributed by atoms with E-state index < -0.39 is 12.1 Å². The van der Waals surface area contributed by atoms with Crippen LogP contribution in [0.2, 0.25) is 5.02 Å². The Kier molecular flexibility index (Phi) is 3.30. The molecule has 5 heteroatoms. The largest absolute Gasteiger partial charge is 0.479 e. The van der Waals surface area contributed by atoms with Crippen LogP contribution in [0.4, 0.5) is 0 Å². The van der Waals surface area contributed by atoms with Gasteiger partial charge in [-0.15, -0.1) is 0 Å². The molecule has 0 aliphatic carbocycles. The molecule has 13 heavy (non-hydrogen) atoms. The second-order valence-corrected chi connectivity index (χ2v) is 3.68. The molecule has 0 radical (unpaired) electrons. The normalized spacial score (nSPS) is 12.5. The maximum atomic E-state index is 10.4. The van der Waals surface area contributed by atoms with Crippen LogP contribution in [0.1, 0.15) is 11.7 Å². The van der Waals surface area contributed by atoms with Crippen molar-refractivity contribution in [2.75, 3.05) is 0 Å². The second kappa shape index (κ2) is 4.09. The van der Waals surface area contributed by atoms with Gasteiger partial charge in [-0.25, -0.2) is 4.79 Å². The van der Waals surface area contributed by atoms with E-state index in [-0.39, 0.29) is 5.56 Å². The van der Waals surface area contributed by atoms with Crippen LogP contribution in [0.3, 0.4) is 0 Å². The van der Waals surface area contributed by atoms with Crippen LogP contribution in [0.5, 0.6) is 0 Å². The van der Waals surface area contributed by atoms with Crippen LogP contribution in [0, 0.1) is 0 Å². The molecule has 1 atom stereocenters. The topological polar surface area (TPSA) is 57.5 Å². The highest BCUT2D eigenvalue weighted by Crippen LogP contribution is 2.25. The van der Waals surface area contributed by atoms with E-state index >= 15 is 0 Å². The molecule has 0 aliphatic heterocycles. The first-order chi connectivity index (χ1) is 6.02. The smallest absolute Gasteiger partial charge is 0.337 e. The lowest BCUT2D eigenvalue weighted by atomic mass is 10.1. The Morgan fingerprint density at radius 2 is 2.15 bits per heavy atom. The standard InChI is InChI=1S/C8H6BrClO3/c9-5-2-1-4(3-6(5)10)7(11)8(12)13/h1-3,7,11H,(H,12,13)/t7-/m0/s1. The van der Waals surface area contributed by atoms with Crippen molar-refractivity contribution < 1.29 is 15.0 Å². The Morgan fingerprint density at radius 3 is 2.62 bits per heavy atom. The minimum absolute atomic E-state index is 0.265. The molecule has 0 bridgehead atoms. The van der Waals surface area contributed by atoms with Gasteiger partial charge in [0.2, 0.25) is 0 Å². The number of aliphatic hydroxyl groups excluding tert-OH is 1. The predicted molar refractivity (Wildman–Crippen MR) is 51.7 cm³/mol. The van der Waals surface area contributed by atoms with Crippen molar-refractivity contribution in [1.29, 1.82) is 0 Å². The first-order valence-corrected chi connectivity index (χ1v) is 4.55. The summed E-state index contributed by atoms with van der Waals surface area (Å²) in [4.78, 5) is 10.4. The zero-order valence-corrected chi connectivity index (χ0v) is 8.71. The highest BCUT2D eigenvalue weighted by atomic mass is 79.9. The van der Waals surface area contributed by atoms with Gasteiger partial charge in [0.15, 0.2) is 6.10 Å². The van der Waals surface area contributed by atoms with Crippen molar-refractivity contribution in [3.05, 3.63) is 33.3 Å². The molecular formula is C8H6BrClO3. The molecule has 0 unspecified atom stereocenters. The summed E-state index contributed by atoms with van der Waals surface area (Å²) in [5, 5.41) is 18.0. The quantitative estimate of drug-likeness (QED) is 0.862. The van der Waals surface area contributed by atoms with Gasteiger partial charge in [-0.05, 0) is 33.6 Å². The number of aliphatic carboxylic acids is 1. The Balaban J connectivity index is 3.03. The first kappa shape index (κ1) is 10.5. The van der Waals surface area contributed by atoms with Gasteiger partial charge in [0.1, 0.15) is 0 Å². The first-order valence-electron chi connectivity index (χ1n) is 3.38. The van der Waals surface area contributed by atoms with E-state index in [1.54, 1.807) is 6.07 Å². The minimum atomic E-state index is -1.52. The summed E-state index contributed by atoms with van der Waals surface area (Å²) in [5.41, 5.74) is 0.265. The van der Waals surface area contributed by atoms with Gasteiger partial charge in [0.25, 0.3) is 0 Å². The lowest BCUT2D eigenvalue weighted by molar-refractivity contribution is -0.146. The molecule has 70 valence electrons.